The van der Waals surface area contributed by atoms with Crippen molar-refractivity contribution < 1.29 is 9.90 Å². The fourth-order valence-corrected chi connectivity index (χ4v) is 3.33. The van der Waals surface area contributed by atoms with Crippen molar-refractivity contribution in [1.82, 2.24) is 4.98 Å². The van der Waals surface area contributed by atoms with Crippen LogP contribution in [0.1, 0.15) is 87.1 Å². The molecule has 1 aromatic carbocycles. The van der Waals surface area contributed by atoms with Crippen molar-refractivity contribution in [2.45, 2.75) is 77.6 Å². The van der Waals surface area contributed by atoms with E-state index in [1.165, 1.54) is 69.8 Å². The van der Waals surface area contributed by atoms with Crippen molar-refractivity contribution in [3.8, 4) is 0 Å². The summed E-state index contributed by atoms with van der Waals surface area (Å²) in [7, 11) is 0. The largest absolute Gasteiger partial charge is 0.478 e. The summed E-state index contributed by atoms with van der Waals surface area (Å²) in [6.45, 7) is 2.26. The minimum Gasteiger partial charge on any atom is -0.478 e. The molecule has 3 heteroatoms. The average Bonchev–Trinajstić information content (AvgIpc) is 2.99. The third-order valence-electron chi connectivity index (χ3n) is 4.81. The molecule has 0 saturated heterocycles. The molecule has 2 rings (SSSR count). The summed E-state index contributed by atoms with van der Waals surface area (Å²) in [6, 6.07) is 5.35. The number of carboxylic acid groups (broad SMARTS) is 1. The molecular weight excluding hydrogens is 298 g/mol. The van der Waals surface area contributed by atoms with Gasteiger partial charge in [-0.25, -0.2) is 4.79 Å². The van der Waals surface area contributed by atoms with E-state index < -0.39 is 5.97 Å². The Kier molecular flexibility index (Phi) is 7.87. The quantitative estimate of drug-likeness (QED) is 0.447. The second-order valence-corrected chi connectivity index (χ2v) is 6.81. The molecule has 24 heavy (non-hydrogen) atoms. The predicted octanol–water partition coefficient (Wildman–Crippen LogP) is 6.33. The molecule has 2 aromatic rings. The van der Waals surface area contributed by atoms with Gasteiger partial charge in [0.2, 0.25) is 0 Å². The predicted molar refractivity (Wildman–Crippen MR) is 101 cm³/mol. The highest BCUT2D eigenvalue weighted by Gasteiger charge is 2.07. The molecule has 0 radical (unpaired) electrons. The molecule has 1 heterocycles. The van der Waals surface area contributed by atoms with Crippen molar-refractivity contribution in [2.75, 3.05) is 0 Å². The zero-order valence-electron chi connectivity index (χ0n) is 14.9. The van der Waals surface area contributed by atoms with Crippen LogP contribution in [0.5, 0.6) is 0 Å². The summed E-state index contributed by atoms with van der Waals surface area (Å²) in [5, 5.41) is 10.2. The monoisotopic (exact) mass is 329 g/mol. The summed E-state index contributed by atoms with van der Waals surface area (Å²) in [5.74, 6) is -0.872. The van der Waals surface area contributed by atoms with Crippen molar-refractivity contribution in [3.63, 3.8) is 0 Å². The number of rotatable bonds is 12. The van der Waals surface area contributed by atoms with E-state index in [1.807, 2.05) is 12.3 Å². The Morgan fingerprint density at radius 1 is 0.958 bits per heavy atom. The van der Waals surface area contributed by atoms with Gasteiger partial charge in [0.25, 0.3) is 0 Å². The Morgan fingerprint density at radius 2 is 1.58 bits per heavy atom. The van der Waals surface area contributed by atoms with Crippen LogP contribution in [0.15, 0.2) is 24.4 Å². The molecule has 0 aliphatic heterocycles. The second-order valence-electron chi connectivity index (χ2n) is 6.81. The molecule has 0 bridgehead atoms. The lowest BCUT2D eigenvalue weighted by Crippen LogP contribution is -1.95. The minimum atomic E-state index is -0.872. The lowest BCUT2D eigenvalue weighted by Gasteiger charge is -2.03. The standard InChI is InChI=1S/C21H31NO2/c1-2-3-4-5-6-7-8-9-10-11-12-18-16-22-20-15-17(21(23)24)13-14-19(18)20/h13-16,22H,2-12H2,1H3,(H,23,24). The third kappa shape index (κ3) is 5.70. The lowest BCUT2D eigenvalue weighted by molar-refractivity contribution is 0.0697. The van der Waals surface area contributed by atoms with Crippen LogP contribution in [0.3, 0.4) is 0 Å². The van der Waals surface area contributed by atoms with Gasteiger partial charge in [0.15, 0.2) is 0 Å². The molecule has 0 saturated carbocycles. The summed E-state index contributed by atoms with van der Waals surface area (Å²) in [6.07, 6.45) is 16.6. The molecular formula is C21H31NO2. The first-order chi connectivity index (χ1) is 11.7. The van der Waals surface area contributed by atoms with Crippen LogP contribution in [0.2, 0.25) is 0 Å². The van der Waals surface area contributed by atoms with Crippen LogP contribution in [0.4, 0.5) is 0 Å². The van der Waals surface area contributed by atoms with Crippen LogP contribution in [0.25, 0.3) is 10.9 Å². The van der Waals surface area contributed by atoms with Crippen molar-refractivity contribution in [2.24, 2.45) is 0 Å². The van der Waals surface area contributed by atoms with E-state index in [9.17, 15) is 4.79 Å². The SMILES string of the molecule is CCCCCCCCCCCCc1c[nH]c2cc(C(=O)O)ccc12. The molecule has 2 N–H and O–H groups in total. The number of aromatic nitrogens is 1. The van der Waals surface area contributed by atoms with Gasteiger partial charge in [-0.1, -0.05) is 70.8 Å². The number of aryl methyl sites for hydroxylation is 1. The topological polar surface area (TPSA) is 53.1 Å². The fraction of sp³-hybridized carbons (Fsp3) is 0.571. The highest BCUT2D eigenvalue weighted by atomic mass is 16.4. The fourth-order valence-electron chi connectivity index (χ4n) is 3.33. The second kappa shape index (κ2) is 10.2. The lowest BCUT2D eigenvalue weighted by atomic mass is 10.0. The number of hydrogen-bond donors (Lipinski definition) is 2. The molecule has 0 fully saturated rings. The number of fused-ring (bicyclic) bond motifs is 1. The number of aromatic amines is 1. The summed E-state index contributed by atoms with van der Waals surface area (Å²) >= 11 is 0. The number of aromatic carboxylic acids is 1. The molecule has 0 aliphatic carbocycles. The van der Waals surface area contributed by atoms with Gasteiger partial charge in [-0.2, -0.15) is 0 Å². The van der Waals surface area contributed by atoms with E-state index in [1.54, 1.807) is 12.1 Å². The number of nitrogens with one attached hydrogen (secondary N) is 1. The van der Waals surface area contributed by atoms with Crippen LogP contribution in [0, 0.1) is 0 Å². The Hall–Kier alpha value is -1.77. The molecule has 3 nitrogen and oxygen atoms in total. The van der Waals surface area contributed by atoms with Gasteiger partial charge >= 0.3 is 5.97 Å². The smallest absolute Gasteiger partial charge is 0.335 e. The normalized spacial score (nSPS) is 11.2. The Labute approximate surface area is 145 Å². The number of carboxylic acids is 1. The average molecular weight is 329 g/mol. The van der Waals surface area contributed by atoms with Crippen molar-refractivity contribution in [3.05, 3.63) is 35.5 Å². The summed E-state index contributed by atoms with van der Waals surface area (Å²) in [4.78, 5) is 14.2. The Morgan fingerprint density at radius 3 is 2.21 bits per heavy atom. The van der Waals surface area contributed by atoms with Crippen LogP contribution in [-0.2, 0) is 6.42 Å². The van der Waals surface area contributed by atoms with Gasteiger partial charge in [-0.05, 0) is 30.5 Å². The molecule has 0 amide bonds. The summed E-state index contributed by atoms with van der Waals surface area (Å²) < 4.78 is 0. The maximum absolute atomic E-state index is 11.0. The maximum atomic E-state index is 11.0. The highest BCUT2D eigenvalue weighted by molar-refractivity contribution is 5.94. The van der Waals surface area contributed by atoms with Gasteiger partial charge in [-0.3, -0.25) is 0 Å². The molecule has 0 spiro atoms. The van der Waals surface area contributed by atoms with Crippen molar-refractivity contribution >= 4 is 16.9 Å². The first kappa shape index (κ1) is 18.6. The molecule has 0 atom stereocenters. The molecule has 132 valence electrons. The Balaban J connectivity index is 1.64. The van der Waals surface area contributed by atoms with Gasteiger partial charge in [0.1, 0.15) is 0 Å². The van der Waals surface area contributed by atoms with Crippen molar-refractivity contribution in [1.29, 1.82) is 0 Å². The van der Waals surface area contributed by atoms with Gasteiger partial charge in [-0.15, -0.1) is 0 Å². The zero-order valence-corrected chi connectivity index (χ0v) is 14.9. The summed E-state index contributed by atoms with van der Waals surface area (Å²) in [5.41, 5.74) is 2.58. The van der Waals surface area contributed by atoms with E-state index in [4.69, 9.17) is 5.11 Å². The van der Waals surface area contributed by atoms with E-state index in [0.29, 0.717) is 5.56 Å². The first-order valence-electron chi connectivity index (χ1n) is 9.55. The zero-order chi connectivity index (χ0) is 17.2. The maximum Gasteiger partial charge on any atom is 0.335 e. The number of benzene rings is 1. The molecule has 0 unspecified atom stereocenters. The molecule has 0 aliphatic rings. The first-order valence-corrected chi connectivity index (χ1v) is 9.55. The number of H-pyrrole nitrogens is 1. The van der Waals surface area contributed by atoms with Gasteiger partial charge in [0, 0.05) is 17.1 Å². The minimum absolute atomic E-state index is 0.342. The highest BCUT2D eigenvalue weighted by Crippen LogP contribution is 2.22. The van der Waals surface area contributed by atoms with Gasteiger partial charge < -0.3 is 10.1 Å². The van der Waals surface area contributed by atoms with E-state index >= 15 is 0 Å². The number of carbonyl (C=O) groups is 1. The number of unbranched alkanes of at least 4 members (excludes halogenated alkanes) is 9. The van der Waals surface area contributed by atoms with Crippen LogP contribution < -0.4 is 0 Å². The van der Waals surface area contributed by atoms with Crippen LogP contribution >= 0.6 is 0 Å². The molecule has 1 aromatic heterocycles. The van der Waals surface area contributed by atoms with E-state index in [2.05, 4.69) is 11.9 Å². The van der Waals surface area contributed by atoms with E-state index in [-0.39, 0.29) is 0 Å². The van der Waals surface area contributed by atoms with Crippen LogP contribution in [-0.4, -0.2) is 16.1 Å². The van der Waals surface area contributed by atoms with E-state index in [0.717, 1.165) is 17.3 Å². The Bertz CT molecular complexity index is 630. The van der Waals surface area contributed by atoms with Gasteiger partial charge in [0.05, 0.1) is 5.56 Å². The third-order valence-corrected chi connectivity index (χ3v) is 4.81. The number of hydrogen-bond acceptors (Lipinski definition) is 1.